The van der Waals surface area contributed by atoms with Gasteiger partial charge >= 0.3 is 0 Å². The van der Waals surface area contributed by atoms with E-state index < -0.39 is 0 Å². The van der Waals surface area contributed by atoms with Crippen LogP contribution < -0.4 is 5.32 Å². The zero-order valence-electron chi connectivity index (χ0n) is 8.66. The molecule has 0 aliphatic heterocycles. The van der Waals surface area contributed by atoms with E-state index in [4.69, 9.17) is 0 Å². The van der Waals surface area contributed by atoms with Crippen LogP contribution in [0.25, 0.3) is 0 Å². The molecule has 0 spiro atoms. The molecular weight excluding hydrogens is 176 g/mol. The summed E-state index contributed by atoms with van der Waals surface area (Å²) < 4.78 is 0. The van der Waals surface area contributed by atoms with Crippen molar-refractivity contribution < 1.29 is 4.79 Å². The fourth-order valence-electron chi connectivity index (χ4n) is 1.29. The lowest BCUT2D eigenvalue weighted by Gasteiger charge is -2.10. The largest absolute Gasteiger partial charge is 0.344 e. The van der Waals surface area contributed by atoms with Gasteiger partial charge in [-0.3, -0.25) is 4.79 Å². The van der Waals surface area contributed by atoms with Crippen molar-refractivity contribution in [3.63, 3.8) is 0 Å². The van der Waals surface area contributed by atoms with Crippen molar-refractivity contribution in [2.24, 2.45) is 0 Å². The summed E-state index contributed by atoms with van der Waals surface area (Å²) in [5.41, 5.74) is 2.41. The van der Waals surface area contributed by atoms with Crippen LogP contribution in [-0.2, 0) is 17.9 Å². The average molecular weight is 192 g/mol. The maximum Gasteiger partial charge on any atom is 0.209 e. The molecule has 0 saturated carbocycles. The predicted octanol–water partition coefficient (Wildman–Crippen LogP) is 0.994. The van der Waals surface area contributed by atoms with E-state index in [-0.39, 0.29) is 0 Å². The van der Waals surface area contributed by atoms with Gasteiger partial charge in [0.25, 0.3) is 0 Å². The summed E-state index contributed by atoms with van der Waals surface area (Å²) in [6.45, 7) is 1.55. The van der Waals surface area contributed by atoms with Crippen molar-refractivity contribution in [2.75, 3.05) is 14.1 Å². The Morgan fingerprint density at radius 2 is 1.86 bits per heavy atom. The Morgan fingerprint density at radius 1 is 1.29 bits per heavy atom. The zero-order valence-corrected chi connectivity index (χ0v) is 8.66. The summed E-state index contributed by atoms with van der Waals surface area (Å²) >= 11 is 0. The Kier molecular flexibility index (Phi) is 4.13. The maximum atomic E-state index is 10.4. The molecule has 0 atom stereocenters. The molecule has 1 rings (SSSR count). The first kappa shape index (κ1) is 10.7. The molecule has 1 amide bonds. The third kappa shape index (κ3) is 3.18. The molecule has 0 fully saturated rings. The van der Waals surface area contributed by atoms with Crippen LogP contribution in [-0.4, -0.2) is 25.4 Å². The lowest BCUT2D eigenvalue weighted by molar-refractivity contribution is -0.117. The first-order chi connectivity index (χ1) is 6.76. The molecule has 0 aromatic heterocycles. The van der Waals surface area contributed by atoms with Crippen LogP contribution in [0.3, 0.4) is 0 Å². The quantitative estimate of drug-likeness (QED) is 0.706. The van der Waals surface area contributed by atoms with Gasteiger partial charge in [0.15, 0.2) is 0 Å². The minimum atomic E-state index is 0.670. The summed E-state index contributed by atoms with van der Waals surface area (Å²) in [6.07, 6.45) is 0.835. The minimum absolute atomic E-state index is 0.670. The summed E-state index contributed by atoms with van der Waals surface area (Å²) in [6, 6.07) is 8.24. The molecule has 14 heavy (non-hydrogen) atoms. The van der Waals surface area contributed by atoms with E-state index in [9.17, 15) is 4.79 Å². The van der Waals surface area contributed by atoms with E-state index in [0.29, 0.717) is 6.54 Å². The number of nitrogens with one attached hydrogen (secondary N) is 1. The van der Waals surface area contributed by atoms with E-state index in [1.807, 2.05) is 19.2 Å². The number of nitrogens with zero attached hydrogens (tertiary/aromatic N) is 1. The Balaban J connectivity index is 2.59. The average Bonchev–Trinajstić information content (AvgIpc) is 2.21. The van der Waals surface area contributed by atoms with Crippen molar-refractivity contribution >= 4 is 6.41 Å². The molecule has 1 aromatic carbocycles. The second-order valence-electron chi connectivity index (χ2n) is 3.37. The SMILES string of the molecule is CNCc1ccc(CN(C)C=O)cc1. The third-order valence-electron chi connectivity index (χ3n) is 2.02. The molecule has 0 aliphatic rings. The summed E-state index contributed by atoms with van der Waals surface area (Å²) in [5, 5.41) is 3.09. The van der Waals surface area contributed by atoms with Crippen molar-refractivity contribution in [1.82, 2.24) is 10.2 Å². The lowest BCUT2D eigenvalue weighted by Crippen LogP contribution is -2.14. The van der Waals surface area contributed by atoms with Gasteiger partial charge in [-0.1, -0.05) is 24.3 Å². The molecule has 1 aromatic rings. The highest BCUT2D eigenvalue weighted by Gasteiger charge is 1.97. The molecule has 76 valence electrons. The predicted molar refractivity (Wildman–Crippen MR) is 56.7 cm³/mol. The van der Waals surface area contributed by atoms with Gasteiger partial charge in [0.2, 0.25) is 6.41 Å². The summed E-state index contributed by atoms with van der Waals surface area (Å²) in [7, 11) is 3.70. The second kappa shape index (κ2) is 5.40. The Morgan fingerprint density at radius 3 is 2.36 bits per heavy atom. The Labute approximate surface area is 84.7 Å². The number of amides is 1. The van der Waals surface area contributed by atoms with Crippen LogP contribution in [0.1, 0.15) is 11.1 Å². The first-order valence-corrected chi connectivity index (χ1v) is 4.64. The van der Waals surface area contributed by atoms with Crippen LogP contribution >= 0.6 is 0 Å². The van der Waals surface area contributed by atoms with Gasteiger partial charge in [-0.05, 0) is 18.2 Å². The molecule has 3 nitrogen and oxygen atoms in total. The van der Waals surface area contributed by atoms with Gasteiger partial charge in [0.1, 0.15) is 0 Å². The zero-order chi connectivity index (χ0) is 10.4. The molecule has 0 unspecified atom stereocenters. The van der Waals surface area contributed by atoms with Crippen molar-refractivity contribution in [3.8, 4) is 0 Å². The molecule has 0 heterocycles. The van der Waals surface area contributed by atoms with E-state index >= 15 is 0 Å². The van der Waals surface area contributed by atoms with E-state index in [1.54, 1.807) is 11.9 Å². The monoisotopic (exact) mass is 192 g/mol. The molecular formula is C11H16N2O. The highest BCUT2D eigenvalue weighted by Crippen LogP contribution is 2.05. The van der Waals surface area contributed by atoms with Gasteiger partial charge in [-0.2, -0.15) is 0 Å². The molecule has 1 N–H and O–H groups in total. The maximum absolute atomic E-state index is 10.4. The normalized spacial score (nSPS) is 9.86. The topological polar surface area (TPSA) is 32.3 Å². The lowest BCUT2D eigenvalue weighted by atomic mass is 10.1. The number of carbonyl (C=O) groups excluding carboxylic acids is 1. The van der Waals surface area contributed by atoms with Gasteiger partial charge in [-0.25, -0.2) is 0 Å². The summed E-state index contributed by atoms with van der Waals surface area (Å²) in [4.78, 5) is 12.0. The second-order valence-corrected chi connectivity index (χ2v) is 3.37. The van der Waals surface area contributed by atoms with Gasteiger partial charge in [-0.15, -0.1) is 0 Å². The minimum Gasteiger partial charge on any atom is -0.344 e. The number of hydrogen-bond donors (Lipinski definition) is 1. The first-order valence-electron chi connectivity index (χ1n) is 4.64. The molecule has 0 aliphatic carbocycles. The number of hydrogen-bond acceptors (Lipinski definition) is 2. The Hall–Kier alpha value is -1.35. The highest BCUT2D eigenvalue weighted by atomic mass is 16.1. The molecule has 0 radical (unpaired) electrons. The summed E-state index contributed by atoms with van der Waals surface area (Å²) in [5.74, 6) is 0. The van der Waals surface area contributed by atoms with Crippen molar-refractivity contribution in [3.05, 3.63) is 35.4 Å². The van der Waals surface area contributed by atoms with Crippen LogP contribution in [0.2, 0.25) is 0 Å². The van der Waals surface area contributed by atoms with E-state index in [0.717, 1.165) is 18.5 Å². The van der Waals surface area contributed by atoms with Gasteiger partial charge < -0.3 is 10.2 Å². The van der Waals surface area contributed by atoms with Gasteiger partial charge in [0.05, 0.1) is 0 Å². The van der Waals surface area contributed by atoms with Crippen LogP contribution in [0, 0.1) is 0 Å². The standard InChI is InChI=1S/C11H16N2O/c1-12-7-10-3-5-11(6-4-10)8-13(2)9-14/h3-6,9,12H,7-8H2,1-2H3. The van der Waals surface area contributed by atoms with E-state index in [2.05, 4.69) is 17.4 Å². The highest BCUT2D eigenvalue weighted by molar-refractivity contribution is 5.46. The fraction of sp³-hybridized carbons (Fsp3) is 0.364. The van der Waals surface area contributed by atoms with Crippen LogP contribution in [0.5, 0.6) is 0 Å². The number of benzene rings is 1. The number of rotatable bonds is 5. The van der Waals surface area contributed by atoms with E-state index in [1.165, 1.54) is 5.56 Å². The van der Waals surface area contributed by atoms with Crippen molar-refractivity contribution in [2.45, 2.75) is 13.1 Å². The Bertz CT molecular complexity index is 282. The number of carbonyl (C=O) groups is 1. The molecule has 3 heteroatoms. The fourth-order valence-corrected chi connectivity index (χ4v) is 1.29. The molecule has 0 bridgehead atoms. The smallest absolute Gasteiger partial charge is 0.209 e. The van der Waals surface area contributed by atoms with Crippen molar-refractivity contribution in [1.29, 1.82) is 0 Å². The third-order valence-corrected chi connectivity index (χ3v) is 2.02. The van der Waals surface area contributed by atoms with Crippen LogP contribution in [0.15, 0.2) is 24.3 Å². The van der Waals surface area contributed by atoms with Gasteiger partial charge in [0, 0.05) is 20.1 Å². The van der Waals surface area contributed by atoms with Crippen LogP contribution in [0.4, 0.5) is 0 Å². The molecule has 0 saturated heterocycles.